The first kappa shape index (κ1) is 18.6. The van der Waals surface area contributed by atoms with Crippen LogP contribution in [0, 0.1) is 13.8 Å². The van der Waals surface area contributed by atoms with Gasteiger partial charge in [0.1, 0.15) is 11.4 Å². The van der Waals surface area contributed by atoms with Crippen LogP contribution < -0.4 is 4.74 Å². The second kappa shape index (κ2) is 8.96. The van der Waals surface area contributed by atoms with Gasteiger partial charge in [0.25, 0.3) is 0 Å². The van der Waals surface area contributed by atoms with Crippen molar-refractivity contribution in [1.82, 2.24) is 9.78 Å². The van der Waals surface area contributed by atoms with Crippen molar-refractivity contribution in [1.29, 1.82) is 0 Å². The fourth-order valence-corrected chi connectivity index (χ4v) is 2.39. The molecule has 1 aromatic heterocycles. The molecule has 0 N–H and O–H groups in total. The number of azo groups is 1. The zero-order valence-corrected chi connectivity index (χ0v) is 15.2. The molecule has 0 bridgehead atoms. The van der Waals surface area contributed by atoms with Crippen LogP contribution in [0.2, 0.25) is 0 Å². The second-order valence-electron chi connectivity index (χ2n) is 5.69. The lowest BCUT2D eigenvalue weighted by molar-refractivity contribution is -0.141. The van der Waals surface area contributed by atoms with Crippen molar-refractivity contribution in [3.05, 3.63) is 35.7 Å². The van der Waals surface area contributed by atoms with Crippen LogP contribution in [0.4, 0.5) is 11.4 Å². The predicted molar refractivity (Wildman–Crippen MR) is 94.7 cm³/mol. The van der Waals surface area contributed by atoms with Gasteiger partial charge in [-0.3, -0.25) is 9.48 Å². The van der Waals surface area contributed by atoms with Gasteiger partial charge in [-0.15, -0.1) is 5.11 Å². The number of aryl methyl sites for hydroxylation is 2. The van der Waals surface area contributed by atoms with Gasteiger partial charge in [-0.1, -0.05) is 0 Å². The van der Waals surface area contributed by atoms with Crippen LogP contribution in [0.15, 0.2) is 34.5 Å². The lowest BCUT2D eigenvalue weighted by atomic mass is 10.3. The number of aromatic nitrogens is 2. The van der Waals surface area contributed by atoms with E-state index in [2.05, 4.69) is 15.3 Å². The van der Waals surface area contributed by atoms with Gasteiger partial charge < -0.3 is 9.47 Å². The van der Waals surface area contributed by atoms with Crippen LogP contribution in [0.3, 0.4) is 0 Å². The molecule has 0 amide bonds. The Kier molecular flexibility index (Phi) is 6.68. The van der Waals surface area contributed by atoms with E-state index in [-0.39, 0.29) is 5.97 Å². The number of methoxy groups -OCH3 is 1. The summed E-state index contributed by atoms with van der Waals surface area (Å²) in [5.41, 5.74) is 3.36. The van der Waals surface area contributed by atoms with Crippen LogP contribution in [-0.2, 0) is 16.1 Å². The van der Waals surface area contributed by atoms with Crippen LogP contribution in [0.25, 0.3) is 0 Å². The standard InChI is InChI=1S/C18H24N4O3/c1-13-18(20-19-16-7-9-17(24-4)10-8-16)14(2)22(21-13)11-5-6-12-25-15(3)23/h7-10H,5-6,11-12H2,1-4H3. The highest BCUT2D eigenvalue weighted by Gasteiger charge is 2.11. The molecule has 7 heteroatoms. The highest BCUT2D eigenvalue weighted by atomic mass is 16.5. The first-order chi connectivity index (χ1) is 12.0. The Balaban J connectivity index is 1.98. The largest absolute Gasteiger partial charge is 0.497 e. The molecule has 0 aliphatic heterocycles. The van der Waals surface area contributed by atoms with Gasteiger partial charge >= 0.3 is 5.97 Å². The number of esters is 1. The Hall–Kier alpha value is -2.70. The van der Waals surface area contributed by atoms with Gasteiger partial charge in [0.2, 0.25) is 0 Å². The number of hydrogen-bond donors (Lipinski definition) is 0. The fraction of sp³-hybridized carbons (Fsp3) is 0.444. The lowest BCUT2D eigenvalue weighted by Gasteiger charge is -2.04. The number of nitrogens with zero attached hydrogens (tertiary/aromatic N) is 4. The van der Waals surface area contributed by atoms with Crippen molar-refractivity contribution in [3.63, 3.8) is 0 Å². The third kappa shape index (κ3) is 5.41. The molecule has 0 aliphatic carbocycles. The molecule has 0 aliphatic rings. The Bertz CT molecular complexity index is 736. The van der Waals surface area contributed by atoms with E-state index in [0.29, 0.717) is 6.61 Å². The number of benzene rings is 1. The zero-order valence-electron chi connectivity index (χ0n) is 15.2. The highest BCUT2D eigenvalue weighted by molar-refractivity contribution is 5.65. The summed E-state index contributed by atoms with van der Waals surface area (Å²) in [6.45, 7) is 6.52. The maximum absolute atomic E-state index is 10.7. The van der Waals surface area contributed by atoms with Crippen LogP contribution >= 0.6 is 0 Å². The first-order valence-corrected chi connectivity index (χ1v) is 8.24. The quantitative estimate of drug-likeness (QED) is 0.407. The summed E-state index contributed by atoms with van der Waals surface area (Å²) in [7, 11) is 1.63. The topological polar surface area (TPSA) is 78.1 Å². The molecule has 0 saturated heterocycles. The molecule has 1 heterocycles. The zero-order chi connectivity index (χ0) is 18.2. The Labute approximate surface area is 147 Å². The maximum atomic E-state index is 10.7. The van der Waals surface area contributed by atoms with Crippen LogP contribution in [0.5, 0.6) is 5.75 Å². The van der Waals surface area contributed by atoms with E-state index in [1.54, 1.807) is 7.11 Å². The molecule has 25 heavy (non-hydrogen) atoms. The van der Waals surface area contributed by atoms with Crippen LogP contribution in [0.1, 0.15) is 31.2 Å². The van der Waals surface area contributed by atoms with E-state index in [4.69, 9.17) is 9.47 Å². The first-order valence-electron chi connectivity index (χ1n) is 8.24. The SMILES string of the molecule is COc1ccc(N=Nc2c(C)nn(CCCCOC(C)=O)c2C)cc1. The van der Waals surface area contributed by atoms with Gasteiger partial charge in [-0.2, -0.15) is 10.2 Å². The molecule has 2 aromatic rings. The summed E-state index contributed by atoms with van der Waals surface area (Å²) in [6, 6.07) is 7.40. The van der Waals surface area contributed by atoms with E-state index >= 15 is 0 Å². The number of carbonyl (C=O) groups is 1. The Morgan fingerprint density at radius 3 is 2.52 bits per heavy atom. The lowest BCUT2D eigenvalue weighted by Crippen LogP contribution is -2.05. The minimum atomic E-state index is -0.243. The van der Waals surface area contributed by atoms with Gasteiger partial charge in [-0.05, 0) is 51.0 Å². The summed E-state index contributed by atoms with van der Waals surface area (Å²) in [6.07, 6.45) is 1.69. The Morgan fingerprint density at radius 1 is 1.16 bits per heavy atom. The summed E-state index contributed by atoms with van der Waals surface area (Å²) in [4.78, 5) is 10.7. The van der Waals surface area contributed by atoms with Crippen molar-refractivity contribution in [2.45, 2.75) is 40.2 Å². The van der Waals surface area contributed by atoms with Crippen molar-refractivity contribution in [2.75, 3.05) is 13.7 Å². The molecule has 2 rings (SSSR count). The average Bonchev–Trinajstić information content (AvgIpc) is 2.86. The van der Waals surface area contributed by atoms with Gasteiger partial charge in [-0.25, -0.2) is 0 Å². The van der Waals surface area contributed by atoms with Crippen molar-refractivity contribution in [2.24, 2.45) is 10.2 Å². The smallest absolute Gasteiger partial charge is 0.302 e. The molecule has 134 valence electrons. The molecule has 0 atom stereocenters. The third-order valence-electron chi connectivity index (χ3n) is 3.75. The minimum absolute atomic E-state index is 0.243. The molecule has 0 unspecified atom stereocenters. The molecular formula is C18H24N4O3. The van der Waals surface area contributed by atoms with Crippen molar-refractivity contribution < 1.29 is 14.3 Å². The van der Waals surface area contributed by atoms with E-state index in [1.807, 2.05) is 42.8 Å². The monoisotopic (exact) mass is 344 g/mol. The molecule has 0 radical (unpaired) electrons. The maximum Gasteiger partial charge on any atom is 0.302 e. The van der Waals surface area contributed by atoms with Crippen LogP contribution in [-0.4, -0.2) is 29.5 Å². The minimum Gasteiger partial charge on any atom is -0.497 e. The van der Waals surface area contributed by atoms with Gasteiger partial charge in [0, 0.05) is 13.5 Å². The van der Waals surface area contributed by atoms with Crippen molar-refractivity contribution >= 4 is 17.3 Å². The van der Waals surface area contributed by atoms with Crippen molar-refractivity contribution in [3.8, 4) is 5.75 Å². The van der Waals surface area contributed by atoms with E-state index in [9.17, 15) is 4.79 Å². The van der Waals surface area contributed by atoms with Gasteiger partial charge in [0.15, 0.2) is 0 Å². The molecule has 1 aromatic carbocycles. The molecule has 0 spiro atoms. The highest BCUT2D eigenvalue weighted by Crippen LogP contribution is 2.26. The summed E-state index contributed by atoms with van der Waals surface area (Å²) < 4.78 is 12.0. The summed E-state index contributed by atoms with van der Waals surface area (Å²) in [5, 5.41) is 13.1. The van der Waals surface area contributed by atoms with E-state index < -0.39 is 0 Å². The fourth-order valence-electron chi connectivity index (χ4n) is 2.39. The number of hydrogen-bond acceptors (Lipinski definition) is 6. The normalized spacial score (nSPS) is 11.0. The number of rotatable bonds is 8. The number of unbranched alkanes of at least 4 members (excludes halogenated alkanes) is 1. The molecule has 7 nitrogen and oxygen atoms in total. The average molecular weight is 344 g/mol. The second-order valence-corrected chi connectivity index (χ2v) is 5.69. The molecule has 0 fully saturated rings. The number of carbonyl (C=O) groups excluding carboxylic acids is 1. The number of ether oxygens (including phenoxy) is 2. The third-order valence-corrected chi connectivity index (χ3v) is 3.75. The van der Waals surface area contributed by atoms with E-state index in [0.717, 1.165) is 47.9 Å². The Morgan fingerprint density at radius 2 is 1.88 bits per heavy atom. The summed E-state index contributed by atoms with van der Waals surface area (Å²) >= 11 is 0. The van der Waals surface area contributed by atoms with E-state index in [1.165, 1.54) is 6.92 Å². The molecule has 0 saturated carbocycles. The molecular weight excluding hydrogens is 320 g/mol. The predicted octanol–water partition coefficient (Wildman–Crippen LogP) is 4.27. The van der Waals surface area contributed by atoms with Gasteiger partial charge in [0.05, 0.1) is 30.8 Å². The summed E-state index contributed by atoms with van der Waals surface area (Å²) in [5.74, 6) is 0.542.